The van der Waals surface area contributed by atoms with E-state index in [1.54, 1.807) is 13.8 Å². The fourth-order valence-electron chi connectivity index (χ4n) is 1.07. The number of aliphatic hydroxyl groups excluding tert-OH is 2. The molecule has 94 valence electrons. The number of aliphatic hydroxyl groups is 2. The number of urea groups is 1. The molecule has 0 unspecified atom stereocenters. The third kappa shape index (κ3) is 4.94. The smallest absolute Gasteiger partial charge is 0.334 e. The lowest BCUT2D eigenvalue weighted by Gasteiger charge is -2.26. The van der Waals surface area contributed by atoms with E-state index in [0.29, 0.717) is 0 Å². The van der Waals surface area contributed by atoms with Crippen LogP contribution in [0, 0.1) is 0 Å². The van der Waals surface area contributed by atoms with Gasteiger partial charge in [0, 0.05) is 12.6 Å². The van der Waals surface area contributed by atoms with Crippen LogP contribution in [0.2, 0.25) is 0 Å². The molecule has 0 saturated carbocycles. The summed E-state index contributed by atoms with van der Waals surface area (Å²) in [5, 5.41) is 28.3. The molecule has 0 aromatic rings. The lowest BCUT2D eigenvalue weighted by atomic mass is 10.3. The topological polar surface area (TPSA) is 110 Å². The third-order valence-corrected chi connectivity index (χ3v) is 1.96. The first kappa shape index (κ1) is 14.7. The fourth-order valence-corrected chi connectivity index (χ4v) is 1.07. The highest BCUT2D eigenvalue weighted by Crippen LogP contribution is 1.97. The Morgan fingerprint density at radius 3 is 2.31 bits per heavy atom. The predicted molar refractivity (Wildman–Crippen MR) is 56.0 cm³/mol. The van der Waals surface area contributed by atoms with Crippen molar-refractivity contribution in [2.24, 2.45) is 0 Å². The molecule has 7 heteroatoms. The Morgan fingerprint density at radius 2 is 1.94 bits per heavy atom. The number of carbonyl (C=O) groups is 2. The average Bonchev–Trinajstić information content (AvgIpc) is 2.21. The van der Waals surface area contributed by atoms with Crippen LogP contribution >= 0.6 is 0 Å². The largest absolute Gasteiger partial charge is 0.479 e. The highest BCUT2D eigenvalue weighted by atomic mass is 16.4. The van der Waals surface area contributed by atoms with Crippen LogP contribution in [0.5, 0.6) is 0 Å². The molecule has 0 aliphatic rings. The highest BCUT2D eigenvalue weighted by Gasteiger charge is 2.19. The number of rotatable bonds is 6. The molecule has 0 heterocycles. The molecular formula is C9H18N2O5. The first-order valence-corrected chi connectivity index (χ1v) is 4.96. The standard InChI is InChI=1S/C9H18N2O5/c1-6(2)11(3-4-12)9(16)10-5-7(13)8(14)15/h6-7,12-13H,3-5H2,1-2H3,(H,10,16)(H,14,15)/t7-/m0/s1. The monoisotopic (exact) mass is 234 g/mol. The summed E-state index contributed by atoms with van der Waals surface area (Å²) in [6, 6.07) is -0.626. The molecule has 0 saturated heterocycles. The number of hydrogen-bond acceptors (Lipinski definition) is 4. The van der Waals surface area contributed by atoms with Crippen LogP contribution in [-0.4, -0.2) is 64.1 Å². The van der Waals surface area contributed by atoms with Crippen molar-refractivity contribution in [3.05, 3.63) is 0 Å². The molecule has 0 aliphatic carbocycles. The summed E-state index contributed by atoms with van der Waals surface area (Å²) in [5.74, 6) is -1.39. The van der Waals surface area contributed by atoms with E-state index in [4.69, 9.17) is 15.3 Å². The molecule has 7 nitrogen and oxygen atoms in total. The van der Waals surface area contributed by atoms with Gasteiger partial charge in [0.1, 0.15) is 0 Å². The van der Waals surface area contributed by atoms with Crippen molar-refractivity contribution in [3.8, 4) is 0 Å². The molecule has 0 bridgehead atoms. The number of nitrogens with zero attached hydrogens (tertiary/aromatic N) is 1. The van der Waals surface area contributed by atoms with Gasteiger partial charge in [0.2, 0.25) is 0 Å². The zero-order valence-electron chi connectivity index (χ0n) is 9.38. The van der Waals surface area contributed by atoms with Crippen molar-refractivity contribution in [2.45, 2.75) is 26.0 Å². The number of aliphatic carboxylic acids is 1. The summed E-state index contributed by atoms with van der Waals surface area (Å²) in [6.07, 6.45) is -1.62. The zero-order chi connectivity index (χ0) is 12.7. The minimum Gasteiger partial charge on any atom is -0.479 e. The van der Waals surface area contributed by atoms with Crippen molar-refractivity contribution in [1.82, 2.24) is 10.2 Å². The van der Waals surface area contributed by atoms with Gasteiger partial charge in [-0.3, -0.25) is 0 Å². The summed E-state index contributed by atoms with van der Waals surface area (Å²) in [5.41, 5.74) is 0. The van der Waals surface area contributed by atoms with Gasteiger partial charge >= 0.3 is 12.0 Å². The van der Waals surface area contributed by atoms with Gasteiger partial charge in [0.15, 0.2) is 6.10 Å². The molecule has 4 N–H and O–H groups in total. The predicted octanol–water partition coefficient (Wildman–Crippen LogP) is -1.16. The van der Waals surface area contributed by atoms with Gasteiger partial charge in [0.25, 0.3) is 0 Å². The van der Waals surface area contributed by atoms with Gasteiger partial charge in [-0.15, -0.1) is 0 Å². The molecular weight excluding hydrogens is 216 g/mol. The van der Waals surface area contributed by atoms with Gasteiger partial charge in [-0.2, -0.15) is 0 Å². The average molecular weight is 234 g/mol. The van der Waals surface area contributed by atoms with E-state index in [1.807, 2.05) is 0 Å². The first-order chi connectivity index (χ1) is 7.40. The maximum absolute atomic E-state index is 11.5. The molecule has 0 spiro atoms. The molecule has 2 amide bonds. The van der Waals surface area contributed by atoms with Crippen LogP contribution in [0.3, 0.4) is 0 Å². The Labute approximate surface area is 93.7 Å². The van der Waals surface area contributed by atoms with Crippen molar-refractivity contribution >= 4 is 12.0 Å². The quantitative estimate of drug-likeness (QED) is 0.463. The van der Waals surface area contributed by atoms with Crippen molar-refractivity contribution in [3.63, 3.8) is 0 Å². The molecule has 0 rings (SSSR count). The summed E-state index contributed by atoms with van der Waals surface area (Å²) >= 11 is 0. The Hall–Kier alpha value is -1.34. The normalized spacial score (nSPS) is 12.3. The summed E-state index contributed by atoms with van der Waals surface area (Å²) in [4.78, 5) is 23.1. The second kappa shape index (κ2) is 7.02. The van der Waals surface area contributed by atoms with Gasteiger partial charge in [-0.25, -0.2) is 9.59 Å². The Kier molecular flexibility index (Phi) is 6.43. The van der Waals surface area contributed by atoms with Gasteiger partial charge in [-0.05, 0) is 13.8 Å². The minimum atomic E-state index is -1.62. The summed E-state index contributed by atoms with van der Waals surface area (Å²) in [7, 11) is 0. The number of hydrogen-bond donors (Lipinski definition) is 4. The van der Waals surface area contributed by atoms with Crippen LogP contribution in [0.15, 0.2) is 0 Å². The zero-order valence-corrected chi connectivity index (χ0v) is 9.38. The van der Waals surface area contributed by atoms with Crippen LogP contribution in [-0.2, 0) is 4.79 Å². The van der Waals surface area contributed by atoms with Crippen molar-refractivity contribution < 1.29 is 24.9 Å². The van der Waals surface area contributed by atoms with E-state index in [2.05, 4.69) is 5.32 Å². The number of amides is 2. The number of carboxylic acid groups (broad SMARTS) is 1. The van der Waals surface area contributed by atoms with E-state index < -0.39 is 18.1 Å². The van der Waals surface area contributed by atoms with E-state index in [-0.39, 0.29) is 25.7 Å². The molecule has 0 aromatic carbocycles. The molecule has 1 atom stereocenters. The second-order valence-corrected chi connectivity index (χ2v) is 3.55. The number of carbonyl (C=O) groups excluding carboxylic acids is 1. The second-order valence-electron chi connectivity index (χ2n) is 3.55. The van der Waals surface area contributed by atoms with Crippen LogP contribution in [0.1, 0.15) is 13.8 Å². The molecule has 16 heavy (non-hydrogen) atoms. The first-order valence-electron chi connectivity index (χ1n) is 4.96. The fraction of sp³-hybridized carbons (Fsp3) is 0.778. The Balaban J connectivity index is 4.16. The van der Waals surface area contributed by atoms with Crippen LogP contribution < -0.4 is 5.32 Å². The molecule has 0 aliphatic heterocycles. The van der Waals surface area contributed by atoms with E-state index >= 15 is 0 Å². The lowest BCUT2D eigenvalue weighted by molar-refractivity contribution is -0.146. The van der Waals surface area contributed by atoms with Gasteiger partial charge in [-0.1, -0.05) is 0 Å². The van der Waals surface area contributed by atoms with Crippen molar-refractivity contribution in [2.75, 3.05) is 19.7 Å². The van der Waals surface area contributed by atoms with Crippen LogP contribution in [0.25, 0.3) is 0 Å². The Morgan fingerprint density at radius 1 is 1.38 bits per heavy atom. The SMILES string of the molecule is CC(C)N(CCO)C(=O)NC[C@H](O)C(=O)O. The lowest BCUT2D eigenvalue weighted by Crippen LogP contribution is -2.48. The highest BCUT2D eigenvalue weighted by molar-refractivity contribution is 5.77. The van der Waals surface area contributed by atoms with Gasteiger partial charge in [0.05, 0.1) is 13.2 Å². The van der Waals surface area contributed by atoms with Crippen LogP contribution in [0.4, 0.5) is 4.79 Å². The number of nitrogens with one attached hydrogen (secondary N) is 1. The van der Waals surface area contributed by atoms with E-state index in [1.165, 1.54) is 4.90 Å². The Bertz CT molecular complexity index is 244. The maximum Gasteiger partial charge on any atom is 0.334 e. The van der Waals surface area contributed by atoms with E-state index in [0.717, 1.165) is 0 Å². The van der Waals surface area contributed by atoms with E-state index in [9.17, 15) is 9.59 Å². The van der Waals surface area contributed by atoms with Crippen molar-refractivity contribution in [1.29, 1.82) is 0 Å². The molecule has 0 aromatic heterocycles. The number of carboxylic acids is 1. The third-order valence-electron chi connectivity index (χ3n) is 1.96. The minimum absolute atomic E-state index is 0.117. The summed E-state index contributed by atoms with van der Waals surface area (Å²) < 4.78 is 0. The molecule has 0 fully saturated rings. The summed E-state index contributed by atoms with van der Waals surface area (Å²) in [6.45, 7) is 3.16. The van der Waals surface area contributed by atoms with Gasteiger partial charge < -0.3 is 25.5 Å². The maximum atomic E-state index is 11.5. The molecule has 0 radical (unpaired) electrons.